The Labute approximate surface area is 172 Å². The maximum Gasteiger partial charge on any atom is 0.341 e. The summed E-state index contributed by atoms with van der Waals surface area (Å²) in [7, 11) is 2.31. The van der Waals surface area contributed by atoms with Crippen LogP contribution in [0.2, 0.25) is 0 Å². The molecule has 1 aromatic carbocycles. The molecule has 0 aliphatic carbocycles. The summed E-state index contributed by atoms with van der Waals surface area (Å²) in [4.78, 5) is 50.7. The maximum atomic E-state index is 13.3. The number of pyridine rings is 1. The van der Waals surface area contributed by atoms with Gasteiger partial charge in [0.1, 0.15) is 16.8 Å². The predicted molar refractivity (Wildman–Crippen MR) is 106 cm³/mol. The minimum absolute atomic E-state index is 0.116. The first-order valence-corrected chi connectivity index (χ1v) is 9.06. The van der Waals surface area contributed by atoms with Gasteiger partial charge in [0.15, 0.2) is 0 Å². The van der Waals surface area contributed by atoms with Crippen molar-refractivity contribution in [3.05, 3.63) is 76.6 Å². The van der Waals surface area contributed by atoms with Gasteiger partial charge in [-0.15, -0.1) is 0 Å². The normalized spacial score (nSPS) is 10.5. The zero-order valence-electron chi connectivity index (χ0n) is 16.6. The molecule has 3 aromatic rings. The van der Waals surface area contributed by atoms with Crippen LogP contribution in [0.1, 0.15) is 54.0 Å². The quantitative estimate of drug-likeness (QED) is 0.350. The van der Waals surface area contributed by atoms with E-state index in [0.29, 0.717) is 5.56 Å². The van der Waals surface area contributed by atoms with Gasteiger partial charge in [-0.25, -0.2) is 14.4 Å². The summed E-state index contributed by atoms with van der Waals surface area (Å²) in [6.07, 6.45) is 1.35. The van der Waals surface area contributed by atoms with E-state index in [2.05, 4.69) is 0 Å². The zero-order chi connectivity index (χ0) is 21.8. The lowest BCUT2D eigenvalue weighted by molar-refractivity contribution is 0.0524. The summed E-state index contributed by atoms with van der Waals surface area (Å²) < 4.78 is 16.0. The first kappa shape index (κ1) is 20.8. The van der Waals surface area contributed by atoms with E-state index in [1.54, 1.807) is 37.3 Å². The lowest BCUT2D eigenvalue weighted by atomic mass is 10.0. The first-order valence-electron chi connectivity index (χ1n) is 9.06. The zero-order valence-corrected chi connectivity index (χ0v) is 16.6. The van der Waals surface area contributed by atoms with Crippen molar-refractivity contribution in [1.82, 2.24) is 4.40 Å². The molecule has 2 aromatic heterocycles. The number of hydrogen-bond donors (Lipinski definition) is 0. The van der Waals surface area contributed by atoms with Crippen molar-refractivity contribution in [2.45, 2.75) is 6.92 Å². The molecule has 0 aliphatic heterocycles. The molecule has 0 atom stereocenters. The molecule has 3 rings (SSSR count). The maximum absolute atomic E-state index is 13.3. The van der Waals surface area contributed by atoms with E-state index >= 15 is 0 Å². The van der Waals surface area contributed by atoms with Crippen LogP contribution in [0.25, 0.3) is 5.52 Å². The molecule has 0 N–H and O–H groups in total. The number of methoxy groups -OCH3 is 2. The van der Waals surface area contributed by atoms with Crippen LogP contribution in [0.5, 0.6) is 0 Å². The second-order valence-corrected chi connectivity index (χ2v) is 6.17. The Hall–Kier alpha value is -3.94. The van der Waals surface area contributed by atoms with Crippen molar-refractivity contribution in [1.29, 1.82) is 0 Å². The summed E-state index contributed by atoms with van der Waals surface area (Å²) in [5.41, 5.74) is 0.178. The standard InChI is InChI=1S/C22H19NO7/c1-4-30-20(25)14-10-11-15-16(21(26)28-2)17(22(27)29-3)18(23(15)12-14)19(24)13-8-6-5-7-9-13/h5-12H,4H2,1-3H3. The third-order valence-corrected chi connectivity index (χ3v) is 4.47. The third kappa shape index (κ3) is 3.55. The molecule has 0 saturated carbocycles. The smallest absolute Gasteiger partial charge is 0.341 e. The number of carbonyl (C=O) groups excluding carboxylic acids is 4. The summed E-state index contributed by atoms with van der Waals surface area (Å²) in [6, 6.07) is 11.1. The van der Waals surface area contributed by atoms with Gasteiger partial charge >= 0.3 is 17.9 Å². The fourth-order valence-electron chi connectivity index (χ4n) is 3.15. The highest BCUT2D eigenvalue weighted by Gasteiger charge is 2.33. The van der Waals surface area contributed by atoms with Gasteiger partial charge < -0.3 is 18.6 Å². The van der Waals surface area contributed by atoms with E-state index in [9.17, 15) is 19.2 Å². The Bertz CT molecular complexity index is 1150. The Balaban J connectivity index is 2.40. The molecule has 0 unspecified atom stereocenters. The molecular weight excluding hydrogens is 390 g/mol. The van der Waals surface area contributed by atoms with Crippen LogP contribution < -0.4 is 0 Å². The summed E-state index contributed by atoms with van der Waals surface area (Å²) in [5, 5.41) is 0. The number of fused-ring (bicyclic) bond motifs is 1. The molecule has 0 radical (unpaired) electrons. The van der Waals surface area contributed by atoms with Gasteiger partial charge in [-0.3, -0.25) is 4.79 Å². The highest BCUT2D eigenvalue weighted by Crippen LogP contribution is 2.28. The Morgan fingerprint density at radius 3 is 2.03 bits per heavy atom. The average Bonchev–Trinajstić information content (AvgIpc) is 3.12. The number of esters is 3. The molecule has 30 heavy (non-hydrogen) atoms. The predicted octanol–water partition coefficient (Wildman–Crippen LogP) is 2.92. The fraction of sp³-hybridized carbons (Fsp3) is 0.182. The molecule has 0 fully saturated rings. The average molecular weight is 409 g/mol. The SMILES string of the molecule is CCOC(=O)c1ccc2c(C(=O)OC)c(C(=O)OC)c(C(=O)c3ccccc3)n2c1. The van der Waals surface area contributed by atoms with Crippen LogP contribution in [0.15, 0.2) is 48.7 Å². The molecule has 154 valence electrons. The van der Waals surface area contributed by atoms with Gasteiger partial charge in [0.05, 0.1) is 31.9 Å². The van der Waals surface area contributed by atoms with Crippen molar-refractivity contribution in [2.75, 3.05) is 20.8 Å². The molecule has 0 amide bonds. The number of hydrogen-bond acceptors (Lipinski definition) is 7. The van der Waals surface area contributed by atoms with Crippen molar-refractivity contribution >= 4 is 29.2 Å². The highest BCUT2D eigenvalue weighted by molar-refractivity contribution is 6.20. The lowest BCUT2D eigenvalue weighted by Gasteiger charge is -2.07. The van der Waals surface area contributed by atoms with Gasteiger partial charge in [0.25, 0.3) is 0 Å². The Kier molecular flexibility index (Phi) is 5.96. The molecule has 2 heterocycles. The number of ketones is 1. The van der Waals surface area contributed by atoms with Crippen LogP contribution in [-0.4, -0.2) is 48.9 Å². The van der Waals surface area contributed by atoms with Crippen molar-refractivity contribution in [2.24, 2.45) is 0 Å². The molecular formula is C22H19NO7. The second-order valence-electron chi connectivity index (χ2n) is 6.17. The highest BCUT2D eigenvalue weighted by atomic mass is 16.5. The van der Waals surface area contributed by atoms with Crippen LogP contribution in [0.3, 0.4) is 0 Å². The summed E-state index contributed by atoms with van der Waals surface area (Å²) in [6.45, 7) is 1.83. The monoisotopic (exact) mass is 409 g/mol. The molecule has 8 nitrogen and oxygen atoms in total. The number of nitrogens with zero attached hydrogens (tertiary/aromatic N) is 1. The molecule has 0 aliphatic rings. The largest absolute Gasteiger partial charge is 0.465 e. The van der Waals surface area contributed by atoms with Crippen LogP contribution >= 0.6 is 0 Å². The van der Waals surface area contributed by atoms with Gasteiger partial charge in [0.2, 0.25) is 5.78 Å². The summed E-state index contributed by atoms with van der Waals surface area (Å²) >= 11 is 0. The van der Waals surface area contributed by atoms with E-state index in [1.165, 1.54) is 29.8 Å². The Morgan fingerprint density at radius 2 is 1.43 bits per heavy atom. The minimum atomic E-state index is -0.879. The number of benzene rings is 1. The van der Waals surface area contributed by atoms with E-state index in [4.69, 9.17) is 14.2 Å². The van der Waals surface area contributed by atoms with Crippen molar-refractivity contribution in [3.63, 3.8) is 0 Å². The molecule has 0 spiro atoms. The molecule has 0 bridgehead atoms. The second kappa shape index (κ2) is 8.60. The van der Waals surface area contributed by atoms with Crippen LogP contribution in [0.4, 0.5) is 0 Å². The van der Waals surface area contributed by atoms with E-state index < -0.39 is 23.7 Å². The van der Waals surface area contributed by atoms with E-state index in [1.807, 2.05) is 0 Å². The van der Waals surface area contributed by atoms with Gasteiger partial charge in [-0.2, -0.15) is 0 Å². The van der Waals surface area contributed by atoms with Gasteiger partial charge in [0, 0.05) is 11.8 Å². The van der Waals surface area contributed by atoms with Crippen molar-refractivity contribution in [3.8, 4) is 0 Å². The molecule has 8 heteroatoms. The lowest BCUT2D eigenvalue weighted by Crippen LogP contribution is -2.15. The number of ether oxygens (including phenoxy) is 3. The Morgan fingerprint density at radius 1 is 0.800 bits per heavy atom. The number of rotatable bonds is 6. The first-order chi connectivity index (χ1) is 14.4. The topological polar surface area (TPSA) is 100 Å². The fourth-order valence-corrected chi connectivity index (χ4v) is 3.15. The van der Waals surface area contributed by atoms with Crippen LogP contribution in [0, 0.1) is 0 Å². The molecule has 0 saturated heterocycles. The van der Waals surface area contributed by atoms with Gasteiger partial charge in [-0.1, -0.05) is 30.3 Å². The number of aromatic nitrogens is 1. The minimum Gasteiger partial charge on any atom is -0.465 e. The summed E-state index contributed by atoms with van der Waals surface area (Å²) in [5.74, 6) is -2.83. The van der Waals surface area contributed by atoms with E-state index in [-0.39, 0.29) is 34.5 Å². The van der Waals surface area contributed by atoms with Crippen molar-refractivity contribution < 1.29 is 33.4 Å². The van der Waals surface area contributed by atoms with Crippen LogP contribution in [-0.2, 0) is 14.2 Å². The van der Waals surface area contributed by atoms with Gasteiger partial charge in [-0.05, 0) is 19.1 Å². The third-order valence-electron chi connectivity index (χ3n) is 4.47. The number of carbonyl (C=O) groups is 4. The van der Waals surface area contributed by atoms with E-state index in [0.717, 1.165) is 7.11 Å².